The summed E-state index contributed by atoms with van der Waals surface area (Å²) in [5.74, 6) is -0.995. The van der Waals surface area contributed by atoms with E-state index in [2.05, 4.69) is 18.7 Å². The minimum Gasteiger partial charge on any atom is -0.484 e. The van der Waals surface area contributed by atoms with Crippen LogP contribution in [0, 0.1) is 25.1 Å². The number of hydrogen-bond acceptors (Lipinski definition) is 6. The highest BCUT2D eigenvalue weighted by atomic mass is 19.1. The van der Waals surface area contributed by atoms with Gasteiger partial charge in [0.05, 0.1) is 11.3 Å². The second-order valence-corrected chi connectivity index (χ2v) is 15.2. The molecule has 1 fully saturated rings. The molecular formula is C42H50FN3O5. The van der Waals surface area contributed by atoms with E-state index in [1.807, 2.05) is 77.1 Å². The summed E-state index contributed by atoms with van der Waals surface area (Å²) < 4.78 is 25.7. The number of ether oxygens (including phenoxy) is 2. The maximum Gasteiger partial charge on any atom is 0.337 e. The molecule has 1 unspecified atom stereocenters. The highest BCUT2D eigenvalue weighted by molar-refractivity contribution is 5.88. The van der Waals surface area contributed by atoms with Crippen LogP contribution in [0.1, 0.15) is 81.6 Å². The van der Waals surface area contributed by atoms with Crippen LogP contribution in [0.2, 0.25) is 0 Å². The minimum atomic E-state index is -1.20. The van der Waals surface area contributed by atoms with Gasteiger partial charge in [0.1, 0.15) is 11.6 Å². The highest BCUT2D eigenvalue weighted by Crippen LogP contribution is 2.45. The van der Waals surface area contributed by atoms with E-state index in [0.717, 1.165) is 59.6 Å². The van der Waals surface area contributed by atoms with Crippen LogP contribution in [0.3, 0.4) is 0 Å². The number of aryl methyl sites for hydroxylation is 2. The Bertz CT molecular complexity index is 1810. The number of carbonyl (C=O) groups excluding carboxylic acids is 1. The Morgan fingerprint density at radius 2 is 1.47 bits per heavy atom. The van der Waals surface area contributed by atoms with Crippen molar-refractivity contribution in [1.29, 1.82) is 0 Å². The summed E-state index contributed by atoms with van der Waals surface area (Å²) in [7, 11) is 0. The van der Waals surface area contributed by atoms with Crippen LogP contribution >= 0.6 is 0 Å². The molecule has 5 rings (SSSR count). The van der Waals surface area contributed by atoms with Crippen molar-refractivity contribution < 1.29 is 28.6 Å². The third kappa shape index (κ3) is 9.73. The van der Waals surface area contributed by atoms with Crippen LogP contribution in [-0.4, -0.2) is 52.2 Å². The minimum absolute atomic E-state index is 0.141. The number of carboxylic acids is 1. The molecule has 1 N–H and O–H groups in total. The molecule has 1 amide bonds. The SMILES string of the molecule is Cc1nc(C)c(C(OC(C)(C)C)C(=O)O)c(N2CCC(C)(C)CC2)c1-c1ccc(CN(Cc2ccc(F)cc2)C(=O)COc2ccccc2)cc1. The van der Waals surface area contributed by atoms with Gasteiger partial charge in [0, 0.05) is 48.7 Å². The number of halogens is 1. The number of carbonyl (C=O) groups is 2. The van der Waals surface area contributed by atoms with E-state index >= 15 is 0 Å². The van der Waals surface area contributed by atoms with Crippen LogP contribution in [-0.2, 0) is 27.4 Å². The third-order valence-corrected chi connectivity index (χ3v) is 9.33. The summed E-state index contributed by atoms with van der Waals surface area (Å²) in [5, 5.41) is 10.5. The van der Waals surface area contributed by atoms with Gasteiger partial charge in [-0.1, -0.05) is 68.4 Å². The van der Waals surface area contributed by atoms with Crippen LogP contribution in [0.25, 0.3) is 11.1 Å². The normalized spacial score (nSPS) is 14.9. The summed E-state index contributed by atoms with van der Waals surface area (Å²) in [5.41, 5.74) is 5.83. The number of benzene rings is 3. The molecule has 0 aliphatic carbocycles. The predicted octanol–water partition coefficient (Wildman–Crippen LogP) is 8.68. The zero-order valence-corrected chi connectivity index (χ0v) is 30.8. The topological polar surface area (TPSA) is 92.2 Å². The van der Waals surface area contributed by atoms with E-state index < -0.39 is 17.7 Å². The van der Waals surface area contributed by atoms with Crippen molar-refractivity contribution >= 4 is 17.6 Å². The predicted molar refractivity (Wildman–Crippen MR) is 198 cm³/mol. The molecule has 1 atom stereocenters. The van der Waals surface area contributed by atoms with Gasteiger partial charge >= 0.3 is 5.97 Å². The van der Waals surface area contributed by atoms with Gasteiger partial charge in [-0.3, -0.25) is 9.78 Å². The molecule has 0 spiro atoms. The number of pyridine rings is 1. The number of nitrogens with zero attached hydrogens (tertiary/aromatic N) is 3. The van der Waals surface area contributed by atoms with Crippen molar-refractivity contribution in [2.45, 2.75) is 86.1 Å². The van der Waals surface area contributed by atoms with Gasteiger partial charge in [0.15, 0.2) is 12.7 Å². The summed E-state index contributed by atoms with van der Waals surface area (Å²) in [4.78, 5) is 35.3. The lowest BCUT2D eigenvalue weighted by Crippen LogP contribution is -2.39. The van der Waals surface area contributed by atoms with Gasteiger partial charge in [0.25, 0.3) is 5.91 Å². The van der Waals surface area contributed by atoms with Crippen LogP contribution in [0.15, 0.2) is 78.9 Å². The molecule has 51 heavy (non-hydrogen) atoms. The number of hydrogen-bond donors (Lipinski definition) is 1. The fourth-order valence-corrected chi connectivity index (χ4v) is 6.55. The number of piperidine rings is 1. The Labute approximate surface area is 301 Å². The lowest BCUT2D eigenvalue weighted by Gasteiger charge is -2.41. The first-order valence-electron chi connectivity index (χ1n) is 17.6. The molecular weight excluding hydrogens is 645 g/mol. The third-order valence-electron chi connectivity index (χ3n) is 9.33. The molecule has 0 bridgehead atoms. The zero-order valence-electron chi connectivity index (χ0n) is 30.8. The Kier molecular flexibility index (Phi) is 11.5. The van der Waals surface area contributed by atoms with Crippen LogP contribution in [0.4, 0.5) is 10.1 Å². The Morgan fingerprint density at radius 1 is 0.902 bits per heavy atom. The number of aliphatic carboxylic acids is 1. The first kappa shape index (κ1) is 37.5. The van der Waals surface area contributed by atoms with Crippen molar-refractivity contribution in [2.24, 2.45) is 5.41 Å². The van der Waals surface area contributed by atoms with Gasteiger partial charge in [-0.2, -0.15) is 0 Å². The van der Waals surface area contributed by atoms with Gasteiger partial charge in [-0.25, -0.2) is 9.18 Å². The van der Waals surface area contributed by atoms with Gasteiger partial charge < -0.3 is 24.4 Å². The number of carboxylic acid groups (broad SMARTS) is 1. The molecule has 4 aromatic rings. The molecule has 1 saturated heterocycles. The fourth-order valence-electron chi connectivity index (χ4n) is 6.55. The summed E-state index contributed by atoms with van der Waals surface area (Å²) in [6, 6.07) is 23.3. The molecule has 1 aliphatic heterocycles. The molecule has 0 radical (unpaired) electrons. The monoisotopic (exact) mass is 695 g/mol. The quantitative estimate of drug-likeness (QED) is 0.159. The maximum absolute atomic E-state index is 13.7. The lowest BCUT2D eigenvalue weighted by molar-refractivity contribution is -0.160. The standard InChI is InChI=1S/C42H50FN3O5/c1-28-36(38(45-23-21-42(6,7)22-24-45)37(29(2)44-28)39(40(48)49)51-41(3,4)5)32-17-13-30(14-18-32)25-46(26-31-15-19-33(43)20-16-31)35(47)27-50-34-11-9-8-10-12-34/h8-20,39H,21-27H2,1-7H3,(H,48,49). The van der Waals surface area contributed by atoms with E-state index in [1.165, 1.54) is 12.1 Å². The average molecular weight is 696 g/mol. The largest absolute Gasteiger partial charge is 0.484 e. The smallest absolute Gasteiger partial charge is 0.337 e. The van der Waals surface area contributed by atoms with Crippen molar-refractivity contribution in [3.05, 3.63) is 113 Å². The molecule has 1 aliphatic rings. The van der Waals surface area contributed by atoms with E-state index in [1.54, 1.807) is 29.2 Å². The second kappa shape index (κ2) is 15.6. The molecule has 2 heterocycles. The van der Waals surface area contributed by atoms with Gasteiger partial charge in [-0.05, 0) is 93.8 Å². The maximum atomic E-state index is 13.7. The molecule has 9 heteroatoms. The number of para-hydroxylation sites is 1. The van der Waals surface area contributed by atoms with E-state index in [0.29, 0.717) is 23.6 Å². The van der Waals surface area contributed by atoms with E-state index in [-0.39, 0.29) is 30.3 Å². The van der Waals surface area contributed by atoms with E-state index in [4.69, 9.17) is 14.5 Å². The Balaban J connectivity index is 1.51. The van der Waals surface area contributed by atoms with Crippen molar-refractivity contribution in [1.82, 2.24) is 9.88 Å². The van der Waals surface area contributed by atoms with Gasteiger partial charge in [-0.15, -0.1) is 0 Å². The summed E-state index contributed by atoms with van der Waals surface area (Å²) in [6.07, 6.45) is 0.731. The van der Waals surface area contributed by atoms with Crippen LogP contribution in [0.5, 0.6) is 5.75 Å². The summed E-state index contributed by atoms with van der Waals surface area (Å²) >= 11 is 0. The molecule has 0 saturated carbocycles. The van der Waals surface area contributed by atoms with Crippen molar-refractivity contribution in [2.75, 3.05) is 24.6 Å². The number of amides is 1. The van der Waals surface area contributed by atoms with Gasteiger partial charge in [0.2, 0.25) is 0 Å². The number of anilines is 1. The average Bonchev–Trinajstić information content (AvgIpc) is 3.07. The first-order chi connectivity index (χ1) is 24.1. The molecule has 3 aromatic carbocycles. The molecule has 8 nitrogen and oxygen atoms in total. The fraction of sp³-hybridized carbons (Fsp3) is 0.405. The van der Waals surface area contributed by atoms with E-state index in [9.17, 15) is 19.1 Å². The highest BCUT2D eigenvalue weighted by Gasteiger charge is 2.36. The first-order valence-corrected chi connectivity index (χ1v) is 17.6. The van der Waals surface area contributed by atoms with Crippen molar-refractivity contribution in [3.8, 4) is 16.9 Å². The van der Waals surface area contributed by atoms with Crippen molar-refractivity contribution in [3.63, 3.8) is 0 Å². The zero-order chi connectivity index (χ0) is 36.9. The summed E-state index contributed by atoms with van der Waals surface area (Å²) in [6.45, 7) is 16.0. The Hall–Kier alpha value is -4.76. The Morgan fingerprint density at radius 3 is 2.02 bits per heavy atom. The van der Waals surface area contributed by atoms with Crippen LogP contribution < -0.4 is 9.64 Å². The number of aromatic nitrogens is 1. The second-order valence-electron chi connectivity index (χ2n) is 15.2. The molecule has 270 valence electrons. The lowest BCUT2D eigenvalue weighted by atomic mass is 9.81. The molecule has 1 aromatic heterocycles. The number of rotatable bonds is 12.